The molecule has 0 amide bonds. The van der Waals surface area contributed by atoms with E-state index in [4.69, 9.17) is 4.74 Å². The van der Waals surface area contributed by atoms with Crippen molar-refractivity contribution in [1.82, 2.24) is 4.98 Å². The molecule has 0 saturated heterocycles. The van der Waals surface area contributed by atoms with Gasteiger partial charge in [0.15, 0.2) is 0 Å². The molecule has 1 aromatic carbocycles. The molecule has 100 valence electrons. The number of aromatic nitrogens is 1. The first-order valence-corrected chi connectivity index (χ1v) is 6.96. The molecule has 4 nitrogen and oxygen atoms in total. The molecule has 0 bridgehead atoms. The molecule has 0 spiro atoms. The zero-order valence-corrected chi connectivity index (χ0v) is 12.1. The van der Waals surface area contributed by atoms with Crippen LogP contribution in [-0.4, -0.2) is 17.8 Å². The van der Waals surface area contributed by atoms with Crippen LogP contribution in [0.1, 0.15) is 23.1 Å². The Balaban J connectivity index is 2.00. The zero-order valence-electron chi connectivity index (χ0n) is 11.3. The molecule has 1 aromatic heterocycles. The Morgan fingerprint density at radius 1 is 1.42 bits per heavy atom. The van der Waals surface area contributed by atoms with Crippen molar-refractivity contribution < 1.29 is 4.74 Å². The minimum atomic E-state index is 0.663. The van der Waals surface area contributed by atoms with Crippen LogP contribution in [0, 0.1) is 13.8 Å². The number of hydrogen-bond acceptors (Lipinski definition) is 5. The van der Waals surface area contributed by atoms with Crippen LogP contribution in [0.4, 0.5) is 5.13 Å². The summed E-state index contributed by atoms with van der Waals surface area (Å²) in [6.07, 6.45) is 1.76. The number of rotatable bonds is 5. The summed E-state index contributed by atoms with van der Waals surface area (Å²) in [5.74, 6) is 0.854. The number of hydrazone groups is 1. The SMILES string of the molecule is CCOc1cccc(/C=N\Nc2nc(C)c(C)s2)c1. The van der Waals surface area contributed by atoms with E-state index in [9.17, 15) is 0 Å². The Kier molecular flexibility index (Phi) is 4.52. The van der Waals surface area contributed by atoms with Gasteiger partial charge in [-0.15, -0.1) is 11.3 Å². The minimum Gasteiger partial charge on any atom is -0.494 e. The van der Waals surface area contributed by atoms with Gasteiger partial charge in [0.05, 0.1) is 18.5 Å². The van der Waals surface area contributed by atoms with Crippen LogP contribution in [0.3, 0.4) is 0 Å². The lowest BCUT2D eigenvalue weighted by atomic mass is 10.2. The third kappa shape index (κ3) is 3.79. The van der Waals surface area contributed by atoms with Crippen molar-refractivity contribution in [3.8, 4) is 5.75 Å². The topological polar surface area (TPSA) is 46.5 Å². The van der Waals surface area contributed by atoms with E-state index >= 15 is 0 Å². The lowest BCUT2D eigenvalue weighted by molar-refractivity contribution is 0.340. The van der Waals surface area contributed by atoms with Crippen molar-refractivity contribution in [3.63, 3.8) is 0 Å². The number of nitrogens with one attached hydrogen (secondary N) is 1. The van der Waals surface area contributed by atoms with Crippen LogP contribution in [0.2, 0.25) is 0 Å². The lowest BCUT2D eigenvalue weighted by Gasteiger charge is -2.02. The summed E-state index contributed by atoms with van der Waals surface area (Å²) in [6, 6.07) is 7.81. The first-order valence-electron chi connectivity index (χ1n) is 6.15. The monoisotopic (exact) mass is 275 g/mol. The highest BCUT2D eigenvalue weighted by Crippen LogP contribution is 2.20. The van der Waals surface area contributed by atoms with Gasteiger partial charge in [0.1, 0.15) is 5.75 Å². The van der Waals surface area contributed by atoms with Crippen LogP contribution < -0.4 is 10.2 Å². The number of thiazole rings is 1. The predicted molar refractivity (Wildman–Crippen MR) is 80.4 cm³/mol. The van der Waals surface area contributed by atoms with E-state index in [1.807, 2.05) is 45.0 Å². The molecule has 1 heterocycles. The second-order valence-electron chi connectivity index (χ2n) is 4.04. The van der Waals surface area contributed by atoms with Crippen molar-refractivity contribution in [2.75, 3.05) is 12.0 Å². The molecule has 0 unspecified atom stereocenters. The maximum atomic E-state index is 5.44. The molecular formula is C14H17N3OS. The smallest absolute Gasteiger partial charge is 0.203 e. The van der Waals surface area contributed by atoms with Gasteiger partial charge in [0.2, 0.25) is 5.13 Å². The molecule has 0 aliphatic heterocycles. The third-order valence-corrected chi connectivity index (χ3v) is 3.55. The summed E-state index contributed by atoms with van der Waals surface area (Å²) >= 11 is 1.60. The molecule has 0 atom stereocenters. The van der Waals surface area contributed by atoms with Crippen LogP contribution in [0.15, 0.2) is 29.4 Å². The molecule has 0 aliphatic carbocycles. The van der Waals surface area contributed by atoms with Gasteiger partial charge in [-0.25, -0.2) is 4.98 Å². The van der Waals surface area contributed by atoms with Gasteiger partial charge >= 0.3 is 0 Å². The highest BCUT2D eigenvalue weighted by Gasteiger charge is 2.01. The molecule has 0 saturated carbocycles. The summed E-state index contributed by atoms with van der Waals surface area (Å²) in [5.41, 5.74) is 4.97. The molecule has 2 aromatic rings. The summed E-state index contributed by atoms with van der Waals surface area (Å²) in [5, 5.41) is 5.00. The lowest BCUT2D eigenvalue weighted by Crippen LogP contribution is -1.93. The summed E-state index contributed by atoms with van der Waals surface area (Å²) in [6.45, 7) is 6.67. The van der Waals surface area contributed by atoms with Crippen molar-refractivity contribution >= 4 is 22.7 Å². The van der Waals surface area contributed by atoms with Gasteiger partial charge in [-0.1, -0.05) is 12.1 Å². The van der Waals surface area contributed by atoms with E-state index < -0.39 is 0 Å². The number of hydrogen-bond donors (Lipinski definition) is 1. The van der Waals surface area contributed by atoms with E-state index in [0.717, 1.165) is 22.1 Å². The number of aryl methyl sites for hydroxylation is 2. The standard InChI is InChI=1S/C14H17N3OS/c1-4-18-13-7-5-6-12(8-13)9-15-17-14-16-10(2)11(3)19-14/h5-9H,4H2,1-3H3,(H,16,17)/b15-9-. The molecule has 0 fully saturated rings. The molecule has 0 aliphatic rings. The Labute approximate surface area is 117 Å². The van der Waals surface area contributed by atoms with Gasteiger partial charge in [-0.2, -0.15) is 5.10 Å². The number of benzene rings is 1. The van der Waals surface area contributed by atoms with Gasteiger partial charge in [-0.05, 0) is 38.5 Å². The van der Waals surface area contributed by atoms with E-state index in [1.54, 1.807) is 17.6 Å². The van der Waals surface area contributed by atoms with Crippen LogP contribution in [0.5, 0.6) is 5.75 Å². The highest BCUT2D eigenvalue weighted by atomic mass is 32.1. The van der Waals surface area contributed by atoms with E-state index in [0.29, 0.717) is 6.61 Å². The summed E-state index contributed by atoms with van der Waals surface area (Å²) in [4.78, 5) is 5.56. The fourth-order valence-electron chi connectivity index (χ4n) is 1.53. The van der Waals surface area contributed by atoms with Gasteiger partial charge in [-0.3, -0.25) is 5.43 Å². The molecule has 2 rings (SSSR count). The molecule has 1 N–H and O–H groups in total. The maximum Gasteiger partial charge on any atom is 0.203 e. The van der Waals surface area contributed by atoms with E-state index in [2.05, 4.69) is 15.5 Å². The van der Waals surface area contributed by atoms with Gasteiger partial charge in [0.25, 0.3) is 0 Å². The number of nitrogens with zero attached hydrogens (tertiary/aromatic N) is 2. The van der Waals surface area contributed by atoms with Gasteiger partial charge in [0, 0.05) is 4.88 Å². The van der Waals surface area contributed by atoms with Crippen molar-refractivity contribution in [2.45, 2.75) is 20.8 Å². The average Bonchev–Trinajstić information content (AvgIpc) is 2.70. The quantitative estimate of drug-likeness (QED) is 0.670. The predicted octanol–water partition coefficient (Wildman–Crippen LogP) is 3.60. The second-order valence-corrected chi connectivity index (χ2v) is 5.24. The minimum absolute atomic E-state index is 0.663. The molecule has 5 heteroatoms. The highest BCUT2D eigenvalue weighted by molar-refractivity contribution is 7.15. The molecule has 0 radical (unpaired) electrons. The average molecular weight is 275 g/mol. The molecule has 19 heavy (non-hydrogen) atoms. The maximum absolute atomic E-state index is 5.44. The Hall–Kier alpha value is -1.88. The van der Waals surface area contributed by atoms with Crippen molar-refractivity contribution in [3.05, 3.63) is 40.4 Å². The number of anilines is 1. The Morgan fingerprint density at radius 2 is 2.26 bits per heavy atom. The van der Waals surface area contributed by atoms with E-state index in [1.165, 1.54) is 4.88 Å². The van der Waals surface area contributed by atoms with Crippen molar-refractivity contribution in [2.24, 2.45) is 5.10 Å². The number of ether oxygens (including phenoxy) is 1. The normalized spacial score (nSPS) is 10.9. The van der Waals surface area contributed by atoms with Gasteiger partial charge < -0.3 is 4.74 Å². The van der Waals surface area contributed by atoms with Crippen molar-refractivity contribution in [1.29, 1.82) is 0 Å². The Morgan fingerprint density at radius 3 is 2.95 bits per heavy atom. The van der Waals surface area contributed by atoms with E-state index in [-0.39, 0.29) is 0 Å². The first-order chi connectivity index (χ1) is 9.19. The summed E-state index contributed by atoms with van der Waals surface area (Å²) < 4.78 is 5.44. The third-order valence-electron chi connectivity index (χ3n) is 2.57. The zero-order chi connectivity index (χ0) is 13.7. The van der Waals surface area contributed by atoms with Crippen LogP contribution >= 0.6 is 11.3 Å². The first kappa shape index (κ1) is 13.5. The largest absolute Gasteiger partial charge is 0.494 e. The van der Waals surface area contributed by atoms with Crippen LogP contribution in [-0.2, 0) is 0 Å². The summed E-state index contributed by atoms with van der Waals surface area (Å²) in [7, 11) is 0. The Bertz CT molecular complexity index is 558. The molecular weight excluding hydrogens is 258 g/mol. The fourth-order valence-corrected chi connectivity index (χ4v) is 2.30. The fraction of sp³-hybridized carbons (Fsp3) is 0.286. The van der Waals surface area contributed by atoms with Crippen LogP contribution in [0.25, 0.3) is 0 Å². The second kappa shape index (κ2) is 6.33.